The van der Waals surface area contributed by atoms with Crippen molar-refractivity contribution < 1.29 is 22.8 Å². The highest BCUT2D eigenvalue weighted by Gasteiger charge is 2.39. The Morgan fingerprint density at radius 1 is 1.56 bits per heavy atom. The molecule has 0 atom stereocenters. The summed E-state index contributed by atoms with van der Waals surface area (Å²) in [5.41, 5.74) is 7.45. The molecule has 0 saturated heterocycles. The third-order valence-corrected chi connectivity index (χ3v) is 0.454. The first-order chi connectivity index (χ1) is 3.98. The molecule has 9 heavy (non-hydrogen) atoms. The minimum Gasteiger partial charge on any atom is -0.361 e. The number of rotatable bonds is 1. The summed E-state index contributed by atoms with van der Waals surface area (Å²) >= 11 is 0. The van der Waals surface area contributed by atoms with Crippen molar-refractivity contribution in [3.63, 3.8) is 0 Å². The van der Waals surface area contributed by atoms with Gasteiger partial charge in [0.25, 0.3) is 0 Å². The molecule has 0 aromatic heterocycles. The van der Waals surface area contributed by atoms with Crippen LogP contribution in [-0.4, -0.2) is 23.0 Å². The Morgan fingerprint density at radius 3 is 2.11 bits per heavy atom. The summed E-state index contributed by atoms with van der Waals surface area (Å²) in [6, 6.07) is 0. The van der Waals surface area contributed by atoms with E-state index in [1.807, 2.05) is 4.79 Å². The van der Waals surface area contributed by atoms with Crippen LogP contribution in [0.3, 0.4) is 0 Å². The van der Waals surface area contributed by atoms with Crippen LogP contribution in [0.15, 0.2) is 0 Å². The van der Waals surface area contributed by atoms with Crippen LogP contribution in [0.2, 0.25) is 0 Å². The lowest BCUT2D eigenvalue weighted by atomic mass is 10.4. The predicted octanol–water partition coefficient (Wildman–Crippen LogP) is 0.418. The topological polar surface area (TPSA) is 53.5 Å². The zero-order valence-corrected chi connectivity index (χ0v) is 4.01. The van der Waals surface area contributed by atoms with Crippen LogP contribution in [0, 0.1) is 0 Å². The highest BCUT2D eigenvalue weighted by molar-refractivity contribution is 6.27. The van der Waals surface area contributed by atoms with Crippen molar-refractivity contribution in [1.82, 2.24) is 0 Å². The second-order valence-electron chi connectivity index (χ2n) is 1.11. The van der Waals surface area contributed by atoms with E-state index in [0.29, 0.717) is 0 Å². The monoisotopic (exact) mass is 138 g/mol. The molecule has 0 aromatic carbocycles. The third kappa shape index (κ3) is 2.61. The molecule has 3 nitrogen and oxygen atoms in total. The van der Waals surface area contributed by atoms with Crippen molar-refractivity contribution in [1.29, 1.82) is 0 Å². The van der Waals surface area contributed by atoms with Crippen molar-refractivity contribution in [2.45, 2.75) is 6.18 Å². The van der Waals surface area contributed by atoms with Crippen LogP contribution in [0.25, 0.3) is 5.53 Å². The zero-order chi connectivity index (χ0) is 7.49. The predicted molar refractivity (Wildman–Crippen MR) is 20.7 cm³/mol. The molecule has 0 aliphatic carbocycles. The molecular weight excluding hydrogens is 137 g/mol. The highest BCUT2D eigenvalue weighted by Crippen LogP contribution is 2.13. The van der Waals surface area contributed by atoms with Crippen LogP contribution in [0.4, 0.5) is 13.2 Å². The lowest BCUT2D eigenvalue weighted by Crippen LogP contribution is -2.23. The summed E-state index contributed by atoms with van der Waals surface area (Å²) in [4.78, 5) is 11.5. The number of hydrogen-bond donors (Lipinski definition) is 0. The Morgan fingerprint density at radius 2 is 2.00 bits per heavy atom. The van der Waals surface area contributed by atoms with E-state index in [-0.39, 0.29) is 6.21 Å². The molecule has 0 fully saturated rings. The Balaban J connectivity index is 4.22. The second kappa shape index (κ2) is 2.41. The maximum atomic E-state index is 11.1. The molecule has 0 aliphatic heterocycles. The number of carbonyl (C=O) groups is 1. The van der Waals surface area contributed by atoms with E-state index in [4.69, 9.17) is 5.53 Å². The molecule has 0 saturated carbocycles. The van der Waals surface area contributed by atoms with Gasteiger partial charge in [0.1, 0.15) is 0 Å². The van der Waals surface area contributed by atoms with Gasteiger partial charge in [-0.25, -0.2) is 0 Å². The number of halogens is 3. The molecule has 0 spiro atoms. The molecule has 0 amide bonds. The summed E-state index contributed by atoms with van der Waals surface area (Å²) in [7, 11) is 0. The van der Waals surface area contributed by atoms with Gasteiger partial charge in [0.05, 0.1) is 0 Å². The third-order valence-electron chi connectivity index (χ3n) is 0.454. The van der Waals surface area contributed by atoms with Gasteiger partial charge in [-0.2, -0.15) is 18.0 Å². The summed E-state index contributed by atoms with van der Waals surface area (Å²) in [5, 5.41) is 0. The number of ketones is 1. The van der Waals surface area contributed by atoms with Crippen LogP contribution in [0.1, 0.15) is 0 Å². The van der Waals surface area contributed by atoms with E-state index >= 15 is 0 Å². The molecule has 0 aliphatic rings. The quantitative estimate of drug-likeness (QED) is 0.294. The zero-order valence-electron chi connectivity index (χ0n) is 4.01. The van der Waals surface area contributed by atoms with Crippen molar-refractivity contribution in [2.24, 2.45) is 0 Å². The Kier molecular flexibility index (Phi) is 2.10. The molecule has 0 unspecified atom stereocenters. The second-order valence-corrected chi connectivity index (χ2v) is 1.11. The average Bonchev–Trinajstić information content (AvgIpc) is 1.64. The van der Waals surface area contributed by atoms with Gasteiger partial charge < -0.3 is 5.53 Å². The minimum absolute atomic E-state index is 0.208. The first kappa shape index (κ1) is 7.84. The number of Topliss-reactive ketones (excluding diaryl/α,β-unsaturated/α-hetero) is 1. The fourth-order valence-corrected chi connectivity index (χ4v) is 0.126. The molecule has 0 rings (SSSR count). The number of carbonyl (C=O) groups excluding carboxylic acids is 1. The molecule has 6 heteroatoms. The van der Waals surface area contributed by atoms with Gasteiger partial charge in [0, 0.05) is 0 Å². The first-order valence-electron chi connectivity index (χ1n) is 1.77. The van der Waals surface area contributed by atoms with Gasteiger partial charge in [0.15, 0.2) is 0 Å². The lowest BCUT2D eigenvalue weighted by Gasteiger charge is -1.93. The normalized spacial score (nSPS) is 10.1. The fraction of sp³-hybridized carbons (Fsp3) is 0.333. The summed E-state index contributed by atoms with van der Waals surface area (Å²) in [6.45, 7) is 0. The molecule has 0 bridgehead atoms. The number of alkyl halides is 3. The van der Waals surface area contributed by atoms with E-state index < -0.39 is 12.0 Å². The standard InChI is InChI=1S/C3HF3N2O/c4-3(5,6)2(9)1-8-7/h1H. The van der Waals surface area contributed by atoms with Crippen LogP contribution >= 0.6 is 0 Å². The van der Waals surface area contributed by atoms with E-state index in [2.05, 4.69) is 0 Å². The molecule has 0 aromatic rings. The van der Waals surface area contributed by atoms with E-state index in [1.165, 1.54) is 0 Å². The van der Waals surface area contributed by atoms with Crippen molar-refractivity contribution in [2.75, 3.05) is 0 Å². The van der Waals surface area contributed by atoms with Crippen LogP contribution in [-0.2, 0) is 4.79 Å². The molecular formula is C3HF3N2O. The van der Waals surface area contributed by atoms with E-state index in [0.717, 1.165) is 0 Å². The van der Waals surface area contributed by atoms with Crippen molar-refractivity contribution >= 4 is 12.0 Å². The smallest absolute Gasteiger partial charge is 0.361 e. The van der Waals surface area contributed by atoms with Gasteiger partial charge >= 0.3 is 18.2 Å². The molecule has 0 N–H and O–H groups in total. The number of nitrogens with zero attached hydrogens (tertiary/aromatic N) is 2. The fourth-order valence-electron chi connectivity index (χ4n) is 0.126. The largest absolute Gasteiger partial charge is 0.461 e. The number of hydrogen-bond acceptors (Lipinski definition) is 1. The van der Waals surface area contributed by atoms with Gasteiger partial charge in [0.2, 0.25) is 0 Å². The average molecular weight is 138 g/mol. The Hall–Kier alpha value is -1.16. The summed E-state index contributed by atoms with van der Waals surface area (Å²) in [6.07, 6.45) is -5.15. The van der Waals surface area contributed by atoms with Gasteiger partial charge in [-0.3, -0.25) is 4.79 Å². The van der Waals surface area contributed by atoms with Gasteiger partial charge in [-0.1, -0.05) is 0 Å². The molecule has 0 radical (unpaired) electrons. The summed E-state index contributed by atoms with van der Waals surface area (Å²) in [5.74, 6) is -2.18. The molecule has 50 valence electrons. The van der Waals surface area contributed by atoms with Crippen molar-refractivity contribution in [3.05, 3.63) is 5.53 Å². The highest BCUT2D eigenvalue weighted by atomic mass is 19.4. The van der Waals surface area contributed by atoms with E-state index in [9.17, 15) is 18.0 Å². The minimum atomic E-state index is -4.94. The van der Waals surface area contributed by atoms with E-state index in [1.54, 1.807) is 0 Å². The van der Waals surface area contributed by atoms with Gasteiger partial charge in [-0.05, 0) is 0 Å². The lowest BCUT2D eigenvalue weighted by molar-refractivity contribution is -0.165. The molecule has 0 heterocycles. The summed E-state index contributed by atoms with van der Waals surface area (Å²) < 4.78 is 33.3. The van der Waals surface area contributed by atoms with Crippen LogP contribution < -0.4 is 0 Å². The maximum absolute atomic E-state index is 11.1. The Bertz CT molecular complexity index is 166. The first-order valence-corrected chi connectivity index (χ1v) is 1.77. The van der Waals surface area contributed by atoms with Gasteiger partial charge in [-0.15, -0.1) is 0 Å². The SMILES string of the molecule is [N-]=[N+]=CC(=O)C(F)(F)F. The maximum Gasteiger partial charge on any atom is 0.461 e. The van der Waals surface area contributed by atoms with Crippen molar-refractivity contribution in [3.8, 4) is 0 Å². The van der Waals surface area contributed by atoms with Crippen LogP contribution in [0.5, 0.6) is 0 Å². The Labute approximate surface area is 47.7 Å².